The largest absolute Gasteiger partial charge is 0.447 e. The number of nitrogens with one attached hydrogen (secondary N) is 4. The number of alkyl halides is 1. The lowest BCUT2D eigenvalue weighted by Gasteiger charge is -2.32. The second-order valence-electron chi connectivity index (χ2n) is 5.70. The molecule has 0 aliphatic rings. The summed E-state index contributed by atoms with van der Waals surface area (Å²) in [6, 6.07) is 0. The van der Waals surface area contributed by atoms with Gasteiger partial charge >= 0.3 is 18.3 Å². The van der Waals surface area contributed by atoms with Crippen molar-refractivity contribution in [1.29, 1.82) is 0 Å². The molecule has 4 N–H and O–H groups in total. The molecule has 27 heavy (non-hydrogen) atoms. The first kappa shape index (κ1) is 25.7. The molecule has 0 radical (unpaired) electrons. The normalized spacial score (nSPS) is 10.6. The lowest BCUT2D eigenvalue weighted by atomic mass is 10.0. The van der Waals surface area contributed by atoms with Gasteiger partial charge in [-0.1, -0.05) is 35.2 Å². The van der Waals surface area contributed by atoms with Gasteiger partial charge in [-0.15, -0.1) is 0 Å². The third-order valence-electron chi connectivity index (χ3n) is 3.24. The van der Waals surface area contributed by atoms with E-state index in [2.05, 4.69) is 43.9 Å². The first-order valence-electron chi connectivity index (χ1n) is 8.95. The summed E-state index contributed by atoms with van der Waals surface area (Å²) in [5, 5.41) is 10.8. The highest BCUT2D eigenvalue weighted by Gasteiger charge is 2.35. The van der Waals surface area contributed by atoms with Crippen molar-refractivity contribution in [1.82, 2.24) is 21.3 Å². The average Bonchev–Trinajstić information content (AvgIpc) is 2.66. The minimum atomic E-state index is -1.07. The van der Waals surface area contributed by atoms with Crippen molar-refractivity contribution in [3.8, 4) is 0 Å². The SMILES string of the molecule is BCCNC(=O)OCC(COC(=O)NCB)(COC(=O)NCCB)NCI. The number of carbonyl (C=O) groups is 3. The molecule has 0 saturated carbocycles. The second kappa shape index (κ2) is 15.7. The highest BCUT2D eigenvalue weighted by molar-refractivity contribution is 14.1. The molecule has 0 aromatic carbocycles. The maximum Gasteiger partial charge on any atom is 0.407 e. The molecule has 152 valence electrons. The molecule has 0 heterocycles. The van der Waals surface area contributed by atoms with Crippen LogP contribution >= 0.6 is 22.6 Å². The van der Waals surface area contributed by atoms with E-state index in [4.69, 9.17) is 14.2 Å². The van der Waals surface area contributed by atoms with Crippen LogP contribution in [0.1, 0.15) is 0 Å². The summed E-state index contributed by atoms with van der Waals surface area (Å²) < 4.78 is 16.1. The zero-order chi connectivity index (χ0) is 20.5. The number of hydrogen-bond donors (Lipinski definition) is 4. The van der Waals surface area contributed by atoms with Crippen molar-refractivity contribution in [2.45, 2.75) is 18.2 Å². The Labute approximate surface area is 176 Å². The highest BCUT2D eigenvalue weighted by Crippen LogP contribution is 2.10. The second-order valence-corrected chi connectivity index (χ2v) is 6.47. The van der Waals surface area contributed by atoms with Gasteiger partial charge in [0, 0.05) is 17.6 Å². The van der Waals surface area contributed by atoms with E-state index >= 15 is 0 Å². The first-order chi connectivity index (χ1) is 12.9. The van der Waals surface area contributed by atoms with Gasteiger partial charge in [0.1, 0.15) is 48.9 Å². The van der Waals surface area contributed by atoms with Gasteiger partial charge in [-0.3, -0.25) is 5.32 Å². The number of hydrogen-bond acceptors (Lipinski definition) is 7. The van der Waals surface area contributed by atoms with Crippen molar-refractivity contribution >= 4 is 64.4 Å². The van der Waals surface area contributed by atoms with Gasteiger partial charge in [-0.25, -0.2) is 14.4 Å². The average molecular weight is 496 g/mol. The Morgan fingerprint density at radius 2 is 1.19 bits per heavy atom. The molecule has 0 aromatic rings. The molecule has 0 unspecified atom stereocenters. The summed E-state index contributed by atoms with van der Waals surface area (Å²) in [7, 11) is 5.61. The molecule has 14 heteroatoms. The fraction of sp³-hybridized carbons (Fsp3) is 0.769. The Hall–Kier alpha value is -1.31. The van der Waals surface area contributed by atoms with Crippen LogP contribution in [0.4, 0.5) is 14.4 Å². The number of carbonyl (C=O) groups excluding carboxylic acids is 3. The smallest absolute Gasteiger partial charge is 0.407 e. The van der Waals surface area contributed by atoms with Crippen LogP contribution in [0.15, 0.2) is 0 Å². The van der Waals surface area contributed by atoms with Crippen molar-refractivity contribution in [2.24, 2.45) is 0 Å². The molecule has 0 rings (SSSR count). The van der Waals surface area contributed by atoms with Gasteiger partial charge in [-0.2, -0.15) is 0 Å². The maximum atomic E-state index is 11.8. The molecule has 0 saturated heterocycles. The standard InChI is InChI=1S/C13H28B3IN4O6/c14-1-3-18-10(22)25-5-13(21-9-17,7-27-12(24)20-8-16)6-26-11(23)19-4-2-15/h21H,1-9,14-16H2,(H,18,22)(H,19,23)(H,20,24). The van der Waals surface area contributed by atoms with Gasteiger partial charge in [0.05, 0.1) is 0 Å². The van der Waals surface area contributed by atoms with Crippen molar-refractivity contribution in [3.05, 3.63) is 0 Å². The minimum Gasteiger partial charge on any atom is -0.447 e. The Balaban J connectivity index is 4.97. The zero-order valence-corrected chi connectivity index (χ0v) is 18.3. The summed E-state index contributed by atoms with van der Waals surface area (Å²) in [4.78, 5) is 35.2. The van der Waals surface area contributed by atoms with Crippen LogP contribution in [0.3, 0.4) is 0 Å². The lowest BCUT2D eigenvalue weighted by molar-refractivity contribution is 0.0178. The number of amides is 3. The van der Waals surface area contributed by atoms with E-state index in [0.29, 0.717) is 24.1 Å². The van der Waals surface area contributed by atoms with Gasteiger partial charge in [0.15, 0.2) is 0 Å². The van der Waals surface area contributed by atoms with E-state index in [9.17, 15) is 14.4 Å². The van der Waals surface area contributed by atoms with Crippen molar-refractivity contribution < 1.29 is 28.6 Å². The molecule has 0 spiro atoms. The predicted octanol–water partition coefficient (Wildman–Crippen LogP) is -2.42. The summed E-state index contributed by atoms with van der Waals surface area (Å²) in [6.45, 7) is 0.524. The Kier molecular flexibility index (Phi) is 15.0. The Bertz CT molecular complexity index is 440. The van der Waals surface area contributed by atoms with E-state index in [-0.39, 0.29) is 19.8 Å². The fourth-order valence-electron chi connectivity index (χ4n) is 1.78. The van der Waals surface area contributed by atoms with Crippen molar-refractivity contribution in [3.63, 3.8) is 0 Å². The summed E-state index contributed by atoms with van der Waals surface area (Å²) in [6.07, 6.45) is 0.163. The predicted molar refractivity (Wildman–Crippen MR) is 118 cm³/mol. The highest BCUT2D eigenvalue weighted by atomic mass is 127. The number of ether oxygens (including phenoxy) is 3. The van der Waals surface area contributed by atoms with Crippen LogP contribution < -0.4 is 21.3 Å². The van der Waals surface area contributed by atoms with Gasteiger partial charge in [0.25, 0.3) is 0 Å². The Morgan fingerprint density at radius 1 is 0.778 bits per heavy atom. The van der Waals surface area contributed by atoms with Crippen LogP contribution in [-0.2, 0) is 14.2 Å². The van der Waals surface area contributed by atoms with E-state index in [1.54, 1.807) is 7.85 Å². The molecule has 10 nitrogen and oxygen atoms in total. The van der Waals surface area contributed by atoms with Crippen LogP contribution in [0.2, 0.25) is 12.6 Å². The summed E-state index contributed by atoms with van der Waals surface area (Å²) in [5.41, 5.74) is -1.07. The molecule has 0 bridgehead atoms. The summed E-state index contributed by atoms with van der Waals surface area (Å²) >= 11 is 2.07. The van der Waals surface area contributed by atoms with Gasteiger partial charge < -0.3 is 30.2 Å². The van der Waals surface area contributed by atoms with Gasteiger partial charge in [0.2, 0.25) is 0 Å². The third-order valence-corrected chi connectivity index (χ3v) is 3.62. The number of alkyl carbamates (subject to hydrolysis) is 3. The van der Waals surface area contributed by atoms with E-state index < -0.39 is 23.8 Å². The van der Waals surface area contributed by atoms with E-state index in [1.165, 1.54) is 0 Å². The first-order valence-corrected chi connectivity index (χ1v) is 10.5. The fourth-order valence-corrected chi connectivity index (χ4v) is 2.59. The quantitative estimate of drug-likeness (QED) is 0.0736. The molecule has 0 aromatic heterocycles. The van der Waals surface area contributed by atoms with Crippen LogP contribution in [0, 0.1) is 0 Å². The maximum absolute atomic E-state index is 11.8. The topological polar surface area (TPSA) is 127 Å². The number of halogens is 1. The van der Waals surface area contributed by atoms with Crippen LogP contribution in [0.5, 0.6) is 0 Å². The molecule has 0 aliphatic carbocycles. The Morgan fingerprint density at radius 3 is 1.52 bits per heavy atom. The van der Waals surface area contributed by atoms with Crippen LogP contribution in [0.25, 0.3) is 0 Å². The molecular formula is C13H28B3IN4O6. The summed E-state index contributed by atoms with van der Waals surface area (Å²) in [5.74, 6) is 0. The third kappa shape index (κ3) is 12.7. The van der Waals surface area contributed by atoms with E-state index in [1.807, 2.05) is 15.7 Å². The molecular weight excluding hydrogens is 468 g/mol. The molecule has 0 atom stereocenters. The van der Waals surface area contributed by atoms with E-state index in [0.717, 1.165) is 12.6 Å². The monoisotopic (exact) mass is 496 g/mol. The van der Waals surface area contributed by atoms with Gasteiger partial charge in [-0.05, 0) is 6.44 Å². The van der Waals surface area contributed by atoms with Crippen molar-refractivity contribution in [2.75, 3.05) is 43.9 Å². The lowest BCUT2D eigenvalue weighted by Crippen LogP contribution is -2.58. The number of rotatable bonds is 13. The van der Waals surface area contributed by atoms with Crippen LogP contribution in [-0.4, -0.2) is 91.3 Å². The minimum absolute atomic E-state index is 0.147. The molecule has 0 aliphatic heterocycles. The molecule has 3 amide bonds. The zero-order valence-electron chi connectivity index (χ0n) is 16.2. The molecule has 0 fully saturated rings.